The van der Waals surface area contributed by atoms with Gasteiger partial charge in [-0.25, -0.2) is 14.3 Å². The molecule has 0 radical (unpaired) electrons. The average molecular weight is 270 g/mol. The standard InChI is InChI=1S/C14H14N4O2/c1-9(2)17-8-7-15-13(17)18-11-6-4-3-5-10(11)12(19)16-14(18)20/h3-9H,1-2H3,(H,16,19,20). The molecule has 0 aliphatic carbocycles. The van der Waals surface area contributed by atoms with Crippen molar-refractivity contribution in [1.29, 1.82) is 0 Å². The first-order valence-electron chi connectivity index (χ1n) is 6.37. The van der Waals surface area contributed by atoms with Crippen LogP contribution in [0.4, 0.5) is 0 Å². The van der Waals surface area contributed by atoms with Gasteiger partial charge in [-0.05, 0) is 26.0 Å². The van der Waals surface area contributed by atoms with Crippen molar-refractivity contribution in [2.75, 3.05) is 0 Å². The first kappa shape index (κ1) is 12.4. The van der Waals surface area contributed by atoms with Gasteiger partial charge >= 0.3 is 5.69 Å². The second-order valence-electron chi connectivity index (χ2n) is 4.84. The number of hydrogen-bond acceptors (Lipinski definition) is 3. The molecular weight excluding hydrogens is 256 g/mol. The third-order valence-electron chi connectivity index (χ3n) is 3.22. The third-order valence-corrected chi connectivity index (χ3v) is 3.22. The second-order valence-corrected chi connectivity index (χ2v) is 4.84. The number of aromatic amines is 1. The molecule has 3 rings (SSSR count). The topological polar surface area (TPSA) is 72.7 Å². The van der Waals surface area contributed by atoms with Crippen molar-refractivity contribution in [3.63, 3.8) is 0 Å². The second kappa shape index (κ2) is 4.48. The van der Waals surface area contributed by atoms with Crippen LogP contribution in [0, 0.1) is 0 Å². The normalized spacial score (nSPS) is 11.3. The van der Waals surface area contributed by atoms with Gasteiger partial charge in [0.2, 0.25) is 5.95 Å². The Kier molecular flexibility index (Phi) is 2.78. The van der Waals surface area contributed by atoms with Crippen LogP contribution in [0.25, 0.3) is 16.9 Å². The number of imidazole rings is 1. The predicted molar refractivity (Wildman–Crippen MR) is 76.3 cm³/mol. The number of nitrogens with zero attached hydrogens (tertiary/aromatic N) is 3. The van der Waals surface area contributed by atoms with E-state index in [1.807, 2.05) is 24.6 Å². The SMILES string of the molecule is CC(C)n1ccnc1-n1c(=O)[nH]c(=O)c2ccccc21. The monoisotopic (exact) mass is 270 g/mol. The molecule has 0 saturated carbocycles. The van der Waals surface area contributed by atoms with Gasteiger partial charge in [0.15, 0.2) is 0 Å². The van der Waals surface area contributed by atoms with E-state index >= 15 is 0 Å². The summed E-state index contributed by atoms with van der Waals surface area (Å²) < 4.78 is 3.31. The first-order chi connectivity index (χ1) is 9.59. The van der Waals surface area contributed by atoms with Crippen LogP contribution in [0.15, 0.2) is 46.2 Å². The van der Waals surface area contributed by atoms with Crippen molar-refractivity contribution in [3.05, 3.63) is 57.5 Å². The number of aromatic nitrogens is 4. The molecule has 0 unspecified atom stereocenters. The molecule has 102 valence electrons. The zero-order valence-electron chi connectivity index (χ0n) is 11.2. The molecule has 0 aliphatic rings. The zero-order valence-corrected chi connectivity index (χ0v) is 11.2. The van der Waals surface area contributed by atoms with E-state index in [0.29, 0.717) is 16.9 Å². The highest BCUT2D eigenvalue weighted by Crippen LogP contribution is 2.15. The highest BCUT2D eigenvalue weighted by atomic mass is 16.2. The summed E-state index contributed by atoms with van der Waals surface area (Å²) in [7, 11) is 0. The molecule has 2 heterocycles. The molecule has 0 fully saturated rings. The van der Waals surface area contributed by atoms with E-state index in [2.05, 4.69) is 9.97 Å². The summed E-state index contributed by atoms with van der Waals surface area (Å²) in [5.41, 5.74) is -0.319. The van der Waals surface area contributed by atoms with Crippen LogP contribution < -0.4 is 11.2 Å². The van der Waals surface area contributed by atoms with E-state index in [0.717, 1.165) is 0 Å². The van der Waals surface area contributed by atoms with Crippen molar-refractivity contribution >= 4 is 10.9 Å². The molecule has 6 heteroatoms. The Morgan fingerprint density at radius 3 is 2.70 bits per heavy atom. The Morgan fingerprint density at radius 1 is 1.20 bits per heavy atom. The minimum atomic E-state index is -0.484. The van der Waals surface area contributed by atoms with Crippen LogP contribution in [0.5, 0.6) is 0 Å². The van der Waals surface area contributed by atoms with Gasteiger partial charge in [-0.15, -0.1) is 0 Å². The number of hydrogen-bond donors (Lipinski definition) is 1. The molecular formula is C14H14N4O2. The van der Waals surface area contributed by atoms with Gasteiger partial charge in [-0.3, -0.25) is 9.78 Å². The molecule has 1 aromatic carbocycles. The van der Waals surface area contributed by atoms with E-state index < -0.39 is 5.69 Å². The van der Waals surface area contributed by atoms with Crippen LogP contribution in [0.3, 0.4) is 0 Å². The highest BCUT2D eigenvalue weighted by Gasteiger charge is 2.14. The van der Waals surface area contributed by atoms with Crippen molar-refractivity contribution in [3.8, 4) is 5.95 Å². The van der Waals surface area contributed by atoms with Gasteiger partial charge in [0, 0.05) is 18.4 Å². The lowest BCUT2D eigenvalue weighted by Crippen LogP contribution is -2.31. The van der Waals surface area contributed by atoms with Crippen molar-refractivity contribution in [2.45, 2.75) is 19.9 Å². The van der Waals surface area contributed by atoms with Gasteiger partial charge in [0.05, 0.1) is 10.9 Å². The fraction of sp³-hybridized carbons (Fsp3) is 0.214. The molecule has 0 bridgehead atoms. The molecule has 2 aromatic heterocycles. The van der Waals surface area contributed by atoms with E-state index in [4.69, 9.17) is 0 Å². The maximum Gasteiger partial charge on any atom is 0.335 e. The summed E-state index contributed by atoms with van der Waals surface area (Å²) in [6, 6.07) is 7.14. The lowest BCUT2D eigenvalue weighted by Gasteiger charge is -2.14. The number of rotatable bonds is 2. The number of para-hydroxylation sites is 1. The minimum absolute atomic E-state index is 0.157. The van der Waals surface area contributed by atoms with E-state index in [1.54, 1.807) is 30.5 Å². The van der Waals surface area contributed by atoms with Crippen LogP contribution in [0.1, 0.15) is 19.9 Å². The lowest BCUT2D eigenvalue weighted by atomic mass is 10.2. The number of nitrogens with one attached hydrogen (secondary N) is 1. The summed E-state index contributed by atoms with van der Waals surface area (Å²) in [6.07, 6.45) is 3.45. The molecule has 0 atom stereocenters. The van der Waals surface area contributed by atoms with Crippen molar-refractivity contribution in [1.82, 2.24) is 19.1 Å². The average Bonchev–Trinajstić information content (AvgIpc) is 2.88. The maximum absolute atomic E-state index is 12.2. The molecule has 1 N–H and O–H groups in total. The highest BCUT2D eigenvalue weighted by molar-refractivity contribution is 5.78. The summed E-state index contributed by atoms with van der Waals surface area (Å²) in [5.74, 6) is 0.498. The van der Waals surface area contributed by atoms with Crippen molar-refractivity contribution < 1.29 is 0 Å². The number of H-pyrrole nitrogens is 1. The minimum Gasteiger partial charge on any atom is -0.314 e. The van der Waals surface area contributed by atoms with Crippen LogP contribution in [-0.2, 0) is 0 Å². The predicted octanol–water partition coefficient (Wildman–Crippen LogP) is 1.46. The fourth-order valence-electron chi connectivity index (χ4n) is 2.27. The van der Waals surface area contributed by atoms with Crippen LogP contribution in [-0.4, -0.2) is 19.1 Å². The van der Waals surface area contributed by atoms with Gasteiger partial charge in [0.25, 0.3) is 5.56 Å². The maximum atomic E-state index is 12.2. The first-order valence-corrected chi connectivity index (χ1v) is 6.37. The summed E-state index contributed by atoms with van der Waals surface area (Å²) >= 11 is 0. The van der Waals surface area contributed by atoms with Gasteiger partial charge in [-0.1, -0.05) is 12.1 Å². The lowest BCUT2D eigenvalue weighted by molar-refractivity contribution is 0.581. The molecule has 0 amide bonds. The summed E-state index contributed by atoms with van der Waals surface area (Å²) in [5, 5.41) is 0.463. The van der Waals surface area contributed by atoms with E-state index in [-0.39, 0.29) is 11.6 Å². The Bertz CT molecular complexity index is 886. The largest absolute Gasteiger partial charge is 0.335 e. The molecule has 6 nitrogen and oxygen atoms in total. The number of fused-ring (bicyclic) bond motifs is 1. The third kappa shape index (κ3) is 1.77. The van der Waals surface area contributed by atoms with E-state index in [1.165, 1.54) is 4.57 Å². The molecule has 0 spiro atoms. The van der Waals surface area contributed by atoms with Gasteiger partial charge in [0.1, 0.15) is 0 Å². The van der Waals surface area contributed by atoms with E-state index in [9.17, 15) is 9.59 Å². The van der Waals surface area contributed by atoms with Crippen LogP contribution >= 0.6 is 0 Å². The Hall–Kier alpha value is -2.63. The smallest absolute Gasteiger partial charge is 0.314 e. The summed E-state index contributed by atoms with van der Waals surface area (Å²) in [4.78, 5) is 30.6. The Labute approximate surface area is 114 Å². The summed E-state index contributed by atoms with van der Waals surface area (Å²) in [6.45, 7) is 4.01. The molecule has 0 saturated heterocycles. The van der Waals surface area contributed by atoms with Gasteiger partial charge in [-0.2, -0.15) is 0 Å². The molecule has 0 aliphatic heterocycles. The fourth-order valence-corrected chi connectivity index (χ4v) is 2.27. The number of benzene rings is 1. The quantitative estimate of drug-likeness (QED) is 0.766. The Balaban J connectivity index is 2.45. The van der Waals surface area contributed by atoms with Crippen molar-refractivity contribution in [2.24, 2.45) is 0 Å². The zero-order chi connectivity index (χ0) is 14.3. The molecule has 20 heavy (non-hydrogen) atoms. The van der Waals surface area contributed by atoms with Crippen LogP contribution in [0.2, 0.25) is 0 Å². The molecule has 3 aromatic rings. The van der Waals surface area contributed by atoms with Gasteiger partial charge < -0.3 is 4.57 Å². The Morgan fingerprint density at radius 2 is 1.95 bits per heavy atom.